The number of fused-ring (bicyclic) bond motifs is 2. The highest BCUT2D eigenvalue weighted by Crippen LogP contribution is 2.34. The molecule has 1 aromatic carbocycles. The van der Waals surface area contributed by atoms with E-state index in [9.17, 15) is 4.79 Å². The quantitative estimate of drug-likeness (QED) is 0.912. The number of carbonyl (C=O) groups is 1. The fourth-order valence-electron chi connectivity index (χ4n) is 4.52. The van der Waals surface area contributed by atoms with Crippen molar-refractivity contribution in [1.29, 1.82) is 0 Å². The van der Waals surface area contributed by atoms with Crippen molar-refractivity contribution in [3.05, 3.63) is 34.9 Å². The van der Waals surface area contributed by atoms with Crippen molar-refractivity contribution in [3.8, 4) is 0 Å². The Morgan fingerprint density at radius 1 is 1.25 bits per heavy atom. The van der Waals surface area contributed by atoms with Crippen molar-refractivity contribution in [2.45, 2.75) is 50.3 Å². The lowest BCUT2D eigenvalue weighted by Crippen LogP contribution is -2.44. The highest BCUT2D eigenvalue weighted by atomic mass is 35.5. The number of piperidine rings is 1. The molecule has 1 aromatic rings. The lowest BCUT2D eigenvalue weighted by Gasteiger charge is -2.35. The van der Waals surface area contributed by atoms with Gasteiger partial charge < -0.3 is 15.0 Å². The third-order valence-corrected chi connectivity index (χ3v) is 6.05. The smallest absolute Gasteiger partial charge is 0.223 e. The summed E-state index contributed by atoms with van der Waals surface area (Å²) in [6.07, 6.45) is 5.44. The largest absolute Gasteiger partial charge is 0.370 e. The molecule has 3 saturated heterocycles. The van der Waals surface area contributed by atoms with Gasteiger partial charge >= 0.3 is 0 Å². The second-order valence-electron chi connectivity index (χ2n) is 7.40. The molecule has 0 saturated carbocycles. The van der Waals surface area contributed by atoms with Crippen molar-refractivity contribution < 1.29 is 9.53 Å². The van der Waals surface area contributed by atoms with Gasteiger partial charge in [0.25, 0.3) is 0 Å². The predicted octanol–water partition coefficient (Wildman–Crippen LogP) is 3.16. The number of carbonyl (C=O) groups excluding carboxylic acids is 1. The van der Waals surface area contributed by atoms with E-state index in [0.717, 1.165) is 18.4 Å². The van der Waals surface area contributed by atoms with Crippen LogP contribution >= 0.6 is 11.6 Å². The summed E-state index contributed by atoms with van der Waals surface area (Å²) in [6.45, 7) is 1.89. The van der Waals surface area contributed by atoms with Crippen LogP contribution in [0.15, 0.2) is 24.3 Å². The number of ether oxygens (including phenoxy) is 1. The molecule has 0 aromatic heterocycles. The van der Waals surface area contributed by atoms with Crippen molar-refractivity contribution in [2.75, 3.05) is 19.7 Å². The van der Waals surface area contributed by atoms with Gasteiger partial charge in [-0.25, -0.2) is 0 Å². The number of amides is 1. The van der Waals surface area contributed by atoms with Crippen LogP contribution in [0, 0.1) is 5.92 Å². The van der Waals surface area contributed by atoms with E-state index in [-0.39, 0.29) is 12.0 Å². The highest BCUT2D eigenvalue weighted by Gasteiger charge is 2.35. The minimum Gasteiger partial charge on any atom is -0.370 e. The molecule has 4 rings (SSSR count). The van der Waals surface area contributed by atoms with Crippen LogP contribution < -0.4 is 5.32 Å². The van der Waals surface area contributed by atoms with Gasteiger partial charge in [-0.15, -0.1) is 0 Å². The monoisotopic (exact) mass is 348 g/mol. The number of hydrogen-bond acceptors (Lipinski definition) is 3. The number of morpholine rings is 1. The van der Waals surface area contributed by atoms with E-state index in [1.54, 1.807) is 0 Å². The van der Waals surface area contributed by atoms with Crippen LogP contribution in [0.2, 0.25) is 5.02 Å². The second kappa shape index (κ2) is 7.03. The molecular formula is C19H25ClN2O2. The number of benzene rings is 1. The zero-order valence-electron chi connectivity index (χ0n) is 13.9. The first kappa shape index (κ1) is 16.4. The normalized spacial score (nSPS) is 32.8. The molecular weight excluding hydrogens is 324 g/mol. The molecule has 4 nitrogen and oxygen atoms in total. The van der Waals surface area contributed by atoms with E-state index in [4.69, 9.17) is 16.3 Å². The Labute approximate surface area is 148 Å². The summed E-state index contributed by atoms with van der Waals surface area (Å²) in [6, 6.07) is 9.04. The van der Waals surface area contributed by atoms with Crippen molar-refractivity contribution in [1.82, 2.24) is 10.2 Å². The van der Waals surface area contributed by atoms with Gasteiger partial charge in [-0.1, -0.05) is 29.8 Å². The maximum Gasteiger partial charge on any atom is 0.223 e. The predicted molar refractivity (Wildman–Crippen MR) is 94.0 cm³/mol. The summed E-state index contributed by atoms with van der Waals surface area (Å²) in [4.78, 5) is 14.8. The lowest BCUT2D eigenvalue weighted by atomic mass is 9.89. The maximum atomic E-state index is 12.8. The van der Waals surface area contributed by atoms with E-state index in [1.165, 1.54) is 12.8 Å². The van der Waals surface area contributed by atoms with Crippen molar-refractivity contribution in [2.24, 2.45) is 5.92 Å². The molecule has 0 aliphatic carbocycles. The molecule has 3 fully saturated rings. The molecule has 3 aliphatic rings. The molecule has 0 radical (unpaired) electrons. The Kier molecular flexibility index (Phi) is 4.79. The Balaban J connectivity index is 1.37. The molecule has 0 spiro atoms. The summed E-state index contributed by atoms with van der Waals surface area (Å²) < 4.78 is 5.87. The van der Waals surface area contributed by atoms with Gasteiger partial charge in [-0.3, -0.25) is 4.79 Å². The third kappa shape index (κ3) is 3.46. The number of rotatable bonds is 3. The first-order valence-corrected chi connectivity index (χ1v) is 9.46. The van der Waals surface area contributed by atoms with Gasteiger partial charge in [0, 0.05) is 35.6 Å². The van der Waals surface area contributed by atoms with E-state index in [2.05, 4.69) is 5.32 Å². The first-order valence-electron chi connectivity index (χ1n) is 9.09. The Hall–Kier alpha value is -1.10. The van der Waals surface area contributed by atoms with Crippen molar-refractivity contribution in [3.63, 3.8) is 0 Å². The highest BCUT2D eigenvalue weighted by molar-refractivity contribution is 6.31. The van der Waals surface area contributed by atoms with Crippen LogP contribution in [-0.2, 0) is 9.53 Å². The summed E-state index contributed by atoms with van der Waals surface area (Å²) in [5, 5.41) is 4.36. The van der Waals surface area contributed by atoms with Gasteiger partial charge in [0.2, 0.25) is 5.91 Å². The van der Waals surface area contributed by atoms with Crippen LogP contribution in [-0.4, -0.2) is 42.6 Å². The molecule has 24 heavy (non-hydrogen) atoms. The number of halogens is 1. The molecule has 1 N–H and O–H groups in total. The third-order valence-electron chi connectivity index (χ3n) is 5.71. The van der Waals surface area contributed by atoms with Gasteiger partial charge in [-0.05, 0) is 37.7 Å². The van der Waals surface area contributed by atoms with Gasteiger partial charge in [0.15, 0.2) is 0 Å². The van der Waals surface area contributed by atoms with Crippen LogP contribution in [0.5, 0.6) is 0 Å². The number of nitrogens with zero attached hydrogens (tertiary/aromatic N) is 1. The summed E-state index contributed by atoms with van der Waals surface area (Å²) in [5.41, 5.74) is 0.983. The standard InChI is InChI=1S/C19H25ClN2O2/c20-17-4-2-1-3-16(17)18-12-22(7-8-24-18)19(23)11-13-9-14-5-6-15(10-13)21-14/h1-4,13-15,18,21H,5-12H2. The summed E-state index contributed by atoms with van der Waals surface area (Å²) >= 11 is 6.29. The van der Waals surface area contributed by atoms with Gasteiger partial charge in [0.1, 0.15) is 6.10 Å². The second-order valence-corrected chi connectivity index (χ2v) is 7.81. The summed E-state index contributed by atoms with van der Waals surface area (Å²) in [7, 11) is 0. The Morgan fingerprint density at radius 2 is 2.00 bits per heavy atom. The lowest BCUT2D eigenvalue weighted by molar-refractivity contribution is -0.140. The van der Waals surface area contributed by atoms with Crippen LogP contribution in [0.4, 0.5) is 0 Å². The average molecular weight is 349 g/mol. The van der Waals surface area contributed by atoms with Crippen LogP contribution in [0.1, 0.15) is 43.8 Å². The fourth-order valence-corrected chi connectivity index (χ4v) is 4.78. The average Bonchev–Trinajstić information content (AvgIpc) is 2.94. The maximum absolute atomic E-state index is 12.8. The van der Waals surface area contributed by atoms with E-state index in [1.807, 2.05) is 29.2 Å². The van der Waals surface area contributed by atoms with E-state index in [0.29, 0.717) is 49.1 Å². The minimum absolute atomic E-state index is 0.111. The molecule has 5 heteroatoms. The number of nitrogens with one attached hydrogen (secondary N) is 1. The molecule has 3 unspecified atom stereocenters. The Bertz CT molecular complexity index is 597. The van der Waals surface area contributed by atoms with Crippen LogP contribution in [0.25, 0.3) is 0 Å². The van der Waals surface area contributed by atoms with E-state index < -0.39 is 0 Å². The fraction of sp³-hybridized carbons (Fsp3) is 0.632. The van der Waals surface area contributed by atoms with Gasteiger partial charge in [-0.2, -0.15) is 0 Å². The van der Waals surface area contributed by atoms with Crippen molar-refractivity contribution >= 4 is 17.5 Å². The van der Waals surface area contributed by atoms with Gasteiger partial charge in [0.05, 0.1) is 13.2 Å². The number of hydrogen-bond donors (Lipinski definition) is 1. The molecule has 2 bridgehead atoms. The zero-order valence-corrected chi connectivity index (χ0v) is 14.7. The molecule has 3 aliphatic heterocycles. The molecule has 1 amide bonds. The minimum atomic E-state index is -0.111. The topological polar surface area (TPSA) is 41.6 Å². The SMILES string of the molecule is O=C(CC1CC2CCC(C1)N2)N1CCOC(c2ccccc2Cl)C1. The molecule has 3 heterocycles. The molecule has 3 atom stereocenters. The zero-order chi connectivity index (χ0) is 16.5. The van der Waals surface area contributed by atoms with Crippen LogP contribution in [0.3, 0.4) is 0 Å². The van der Waals surface area contributed by atoms with E-state index >= 15 is 0 Å². The molecule has 130 valence electrons. The Morgan fingerprint density at radius 3 is 2.75 bits per heavy atom. The summed E-state index contributed by atoms with van der Waals surface area (Å²) in [5.74, 6) is 0.819. The first-order chi connectivity index (χ1) is 11.7.